The number of hydrogen-bond donors (Lipinski definition) is 1. The first-order valence-corrected chi connectivity index (χ1v) is 7.59. The molecule has 1 aliphatic carbocycles. The first kappa shape index (κ1) is 15.5. The minimum Gasteiger partial charge on any atom is -0.315 e. The number of benzene rings is 1. The van der Waals surface area contributed by atoms with Gasteiger partial charge >= 0.3 is 0 Å². The highest BCUT2D eigenvalue weighted by Gasteiger charge is 2.42. The van der Waals surface area contributed by atoms with E-state index in [4.69, 9.17) is 0 Å². The van der Waals surface area contributed by atoms with Crippen LogP contribution in [0.2, 0.25) is 0 Å². The summed E-state index contributed by atoms with van der Waals surface area (Å²) >= 11 is 0. The predicted octanol–water partition coefficient (Wildman–Crippen LogP) is 3.14. The molecule has 1 aromatic carbocycles. The van der Waals surface area contributed by atoms with Crippen LogP contribution >= 0.6 is 0 Å². The lowest BCUT2D eigenvalue weighted by molar-refractivity contribution is 0.108. The van der Waals surface area contributed by atoms with Crippen LogP contribution in [-0.4, -0.2) is 37.6 Å². The number of hydrogen-bond acceptors (Lipinski definition) is 2. The third-order valence-corrected chi connectivity index (χ3v) is 5.09. The summed E-state index contributed by atoms with van der Waals surface area (Å²) in [4.78, 5) is 2.39. The molecule has 0 aliphatic heterocycles. The van der Waals surface area contributed by atoms with Crippen LogP contribution in [-0.2, 0) is 6.42 Å². The summed E-state index contributed by atoms with van der Waals surface area (Å²) in [6, 6.07) is 5.56. The highest BCUT2D eigenvalue weighted by atomic mass is 19.1. The molecule has 0 saturated heterocycles. The fraction of sp³-hybridized carbons (Fsp3) is 0.647. The van der Waals surface area contributed by atoms with Gasteiger partial charge in [-0.1, -0.05) is 18.9 Å². The summed E-state index contributed by atoms with van der Waals surface area (Å²) in [7, 11) is 6.42. The third kappa shape index (κ3) is 2.89. The van der Waals surface area contributed by atoms with Gasteiger partial charge in [-0.25, -0.2) is 4.39 Å². The maximum atomic E-state index is 13.2. The molecule has 2 nitrogen and oxygen atoms in total. The molecule has 112 valence electrons. The lowest BCUT2D eigenvalue weighted by Gasteiger charge is -2.43. The Balaban J connectivity index is 2.23. The van der Waals surface area contributed by atoms with Crippen molar-refractivity contribution in [2.24, 2.45) is 0 Å². The molecule has 1 saturated carbocycles. The minimum atomic E-state index is -0.143. The van der Waals surface area contributed by atoms with Crippen molar-refractivity contribution < 1.29 is 4.39 Å². The fourth-order valence-corrected chi connectivity index (χ4v) is 3.76. The molecule has 2 rings (SSSR count). The van der Waals surface area contributed by atoms with Crippen LogP contribution in [0.3, 0.4) is 0 Å². The van der Waals surface area contributed by atoms with Gasteiger partial charge in [-0.3, -0.25) is 0 Å². The molecule has 0 aromatic heterocycles. The van der Waals surface area contributed by atoms with Crippen molar-refractivity contribution in [3.8, 4) is 0 Å². The van der Waals surface area contributed by atoms with Crippen LogP contribution in [0.5, 0.6) is 0 Å². The zero-order valence-electron chi connectivity index (χ0n) is 13.2. The number of nitrogens with one attached hydrogen (secondary N) is 1. The number of nitrogens with zero attached hydrogens (tertiary/aromatic N) is 1. The van der Waals surface area contributed by atoms with Gasteiger partial charge in [0.1, 0.15) is 5.82 Å². The maximum absolute atomic E-state index is 13.2. The van der Waals surface area contributed by atoms with Gasteiger partial charge in [-0.2, -0.15) is 0 Å². The molecule has 1 fully saturated rings. The Morgan fingerprint density at radius 2 is 1.95 bits per heavy atom. The Kier molecular flexibility index (Phi) is 4.82. The standard InChI is InChI=1S/C17H27FN2/c1-13-11-15(18)8-7-14(13)12-16(19-2)17(20(3)4)9-5-6-10-17/h7-8,11,16,19H,5-6,9-10,12H2,1-4H3. The highest BCUT2D eigenvalue weighted by molar-refractivity contribution is 5.28. The molecular weight excluding hydrogens is 251 g/mol. The van der Waals surface area contributed by atoms with E-state index in [0.29, 0.717) is 6.04 Å². The van der Waals surface area contributed by atoms with E-state index in [1.165, 1.54) is 31.2 Å². The second kappa shape index (κ2) is 6.23. The molecule has 20 heavy (non-hydrogen) atoms. The maximum Gasteiger partial charge on any atom is 0.123 e. The second-order valence-corrected chi connectivity index (χ2v) is 6.32. The van der Waals surface area contributed by atoms with Crippen LogP contribution in [0.25, 0.3) is 0 Å². The number of aryl methyl sites for hydroxylation is 1. The number of halogens is 1. The molecular formula is C17H27FN2. The topological polar surface area (TPSA) is 15.3 Å². The Labute approximate surface area is 122 Å². The molecule has 1 N–H and O–H groups in total. The second-order valence-electron chi connectivity index (χ2n) is 6.32. The zero-order chi connectivity index (χ0) is 14.8. The Morgan fingerprint density at radius 1 is 1.30 bits per heavy atom. The lowest BCUT2D eigenvalue weighted by atomic mass is 9.82. The summed E-state index contributed by atoms with van der Waals surface area (Å²) < 4.78 is 13.2. The smallest absolute Gasteiger partial charge is 0.123 e. The van der Waals surface area contributed by atoms with Gasteiger partial charge in [-0.15, -0.1) is 0 Å². The van der Waals surface area contributed by atoms with E-state index in [1.54, 1.807) is 12.1 Å². The average Bonchev–Trinajstić information content (AvgIpc) is 2.88. The molecule has 0 amide bonds. The first-order chi connectivity index (χ1) is 9.49. The van der Waals surface area contributed by atoms with Crippen LogP contribution < -0.4 is 5.32 Å². The molecule has 0 heterocycles. The fourth-order valence-electron chi connectivity index (χ4n) is 3.76. The summed E-state index contributed by atoms with van der Waals surface area (Å²) in [5.74, 6) is -0.143. The van der Waals surface area contributed by atoms with Gasteiger partial charge in [0, 0.05) is 11.6 Å². The molecule has 1 aliphatic rings. The van der Waals surface area contributed by atoms with Crippen LogP contribution in [0.1, 0.15) is 36.8 Å². The van der Waals surface area contributed by atoms with Crippen molar-refractivity contribution in [2.75, 3.05) is 21.1 Å². The van der Waals surface area contributed by atoms with Crippen molar-refractivity contribution in [2.45, 2.75) is 50.6 Å². The molecule has 0 radical (unpaired) electrons. The van der Waals surface area contributed by atoms with Gasteiger partial charge in [0.2, 0.25) is 0 Å². The van der Waals surface area contributed by atoms with Crippen molar-refractivity contribution in [1.82, 2.24) is 10.2 Å². The van der Waals surface area contributed by atoms with Crippen molar-refractivity contribution in [3.63, 3.8) is 0 Å². The van der Waals surface area contributed by atoms with E-state index in [9.17, 15) is 4.39 Å². The Bertz CT molecular complexity index is 450. The zero-order valence-corrected chi connectivity index (χ0v) is 13.2. The lowest BCUT2D eigenvalue weighted by Crippen LogP contribution is -2.57. The summed E-state index contributed by atoms with van der Waals surface area (Å²) in [6.45, 7) is 2.00. The van der Waals surface area contributed by atoms with Crippen LogP contribution in [0, 0.1) is 12.7 Å². The Morgan fingerprint density at radius 3 is 2.45 bits per heavy atom. The molecule has 1 aromatic rings. The molecule has 1 atom stereocenters. The van der Waals surface area contributed by atoms with Crippen LogP contribution in [0.15, 0.2) is 18.2 Å². The average molecular weight is 278 g/mol. The quantitative estimate of drug-likeness (QED) is 0.890. The van der Waals surface area contributed by atoms with E-state index < -0.39 is 0 Å². The predicted molar refractivity (Wildman–Crippen MR) is 82.6 cm³/mol. The van der Waals surface area contributed by atoms with Gasteiger partial charge in [-0.05, 0) is 70.6 Å². The van der Waals surface area contributed by atoms with Gasteiger partial charge in [0.25, 0.3) is 0 Å². The highest BCUT2D eigenvalue weighted by Crippen LogP contribution is 2.38. The normalized spacial score (nSPS) is 19.5. The largest absolute Gasteiger partial charge is 0.315 e. The molecule has 3 heteroatoms. The van der Waals surface area contributed by atoms with E-state index in [-0.39, 0.29) is 11.4 Å². The van der Waals surface area contributed by atoms with E-state index in [2.05, 4.69) is 24.3 Å². The summed E-state index contributed by atoms with van der Waals surface area (Å²) in [5.41, 5.74) is 2.53. The van der Waals surface area contributed by atoms with Gasteiger partial charge in [0.15, 0.2) is 0 Å². The van der Waals surface area contributed by atoms with Crippen molar-refractivity contribution in [3.05, 3.63) is 35.1 Å². The SMILES string of the molecule is CNC(Cc1ccc(F)cc1C)C1(N(C)C)CCCC1. The first-order valence-electron chi connectivity index (χ1n) is 7.59. The van der Waals surface area contributed by atoms with E-state index in [1.807, 2.05) is 20.0 Å². The van der Waals surface area contributed by atoms with Crippen molar-refractivity contribution in [1.29, 1.82) is 0 Å². The summed E-state index contributed by atoms with van der Waals surface area (Å²) in [5, 5.41) is 3.52. The van der Waals surface area contributed by atoms with Gasteiger partial charge < -0.3 is 10.2 Å². The third-order valence-electron chi connectivity index (χ3n) is 5.09. The Hall–Kier alpha value is -0.930. The van der Waals surface area contributed by atoms with Gasteiger partial charge in [0.05, 0.1) is 0 Å². The van der Waals surface area contributed by atoms with E-state index >= 15 is 0 Å². The number of likely N-dealkylation sites (N-methyl/N-ethyl adjacent to an activating group) is 2. The van der Waals surface area contributed by atoms with Crippen LogP contribution in [0.4, 0.5) is 4.39 Å². The molecule has 0 spiro atoms. The van der Waals surface area contributed by atoms with E-state index in [0.717, 1.165) is 12.0 Å². The van der Waals surface area contributed by atoms with Crippen molar-refractivity contribution >= 4 is 0 Å². The minimum absolute atomic E-state index is 0.143. The number of rotatable bonds is 5. The monoisotopic (exact) mass is 278 g/mol. The molecule has 1 unspecified atom stereocenters. The molecule has 0 bridgehead atoms. The summed E-state index contributed by atoms with van der Waals surface area (Å²) in [6.07, 6.45) is 6.05.